The Kier molecular flexibility index (Phi) is 3.64. The highest BCUT2D eigenvalue weighted by Crippen LogP contribution is 2.24. The van der Waals surface area contributed by atoms with Gasteiger partial charge in [-0.1, -0.05) is 35.3 Å². The molecule has 0 heterocycles. The van der Waals surface area contributed by atoms with Gasteiger partial charge in [0.1, 0.15) is 10.2 Å². The molecule has 0 aliphatic carbocycles. The molecule has 0 atom stereocenters. The molecule has 0 saturated carbocycles. The van der Waals surface area contributed by atoms with Crippen molar-refractivity contribution in [2.45, 2.75) is 6.92 Å². The van der Waals surface area contributed by atoms with E-state index in [9.17, 15) is 0 Å². The minimum Gasteiger partial charge on any atom is -0.497 e. The van der Waals surface area contributed by atoms with Gasteiger partial charge in [0.25, 0.3) is 0 Å². The molecule has 0 fully saturated rings. The van der Waals surface area contributed by atoms with Gasteiger partial charge in [-0.2, -0.15) is 0 Å². The lowest BCUT2D eigenvalue weighted by Gasteiger charge is -2.03. The van der Waals surface area contributed by atoms with Gasteiger partial charge in [-0.3, -0.25) is 0 Å². The van der Waals surface area contributed by atoms with Crippen molar-refractivity contribution in [3.63, 3.8) is 0 Å². The van der Waals surface area contributed by atoms with E-state index in [1.54, 1.807) is 7.11 Å². The van der Waals surface area contributed by atoms with Crippen LogP contribution in [-0.2, 0) is 0 Å². The molecule has 13 heavy (non-hydrogen) atoms. The summed E-state index contributed by atoms with van der Waals surface area (Å²) in [7, 11) is 1.63. The summed E-state index contributed by atoms with van der Waals surface area (Å²) in [6, 6.07) is 7.57. The lowest BCUT2D eigenvalue weighted by atomic mass is 10.1. The van der Waals surface area contributed by atoms with Crippen molar-refractivity contribution in [2.75, 3.05) is 7.11 Å². The molecule has 0 aliphatic rings. The maximum atomic E-state index is 5.65. The maximum absolute atomic E-state index is 5.65. The molecule has 0 N–H and O–H groups in total. The van der Waals surface area contributed by atoms with Crippen molar-refractivity contribution in [3.8, 4) is 5.75 Å². The van der Waals surface area contributed by atoms with Crippen molar-refractivity contribution >= 4 is 28.8 Å². The van der Waals surface area contributed by atoms with Crippen LogP contribution in [0.15, 0.2) is 28.8 Å². The van der Waals surface area contributed by atoms with Gasteiger partial charge < -0.3 is 4.74 Å². The van der Waals surface area contributed by atoms with Gasteiger partial charge >= 0.3 is 0 Å². The van der Waals surface area contributed by atoms with E-state index in [1.165, 1.54) is 0 Å². The minimum absolute atomic E-state index is 0.296. The van der Waals surface area contributed by atoms with Gasteiger partial charge in [-0.05, 0) is 30.2 Å². The molecular weight excluding hydrogens is 207 g/mol. The van der Waals surface area contributed by atoms with E-state index in [2.05, 4.69) is 0 Å². The standard InChI is InChI=1S/C10H10Cl2O/c1-7(10(11)12)8-3-5-9(13-2)6-4-8/h3-6H,1-2H3. The van der Waals surface area contributed by atoms with Crippen LogP contribution in [0.5, 0.6) is 5.75 Å². The molecule has 3 heteroatoms. The molecule has 0 saturated heterocycles. The summed E-state index contributed by atoms with van der Waals surface area (Å²) in [5, 5.41) is 0. The lowest BCUT2D eigenvalue weighted by Crippen LogP contribution is -1.84. The van der Waals surface area contributed by atoms with Gasteiger partial charge in [0.05, 0.1) is 7.11 Å². The fraction of sp³-hybridized carbons (Fsp3) is 0.200. The Morgan fingerprint density at radius 1 is 1.15 bits per heavy atom. The number of benzene rings is 1. The monoisotopic (exact) mass is 216 g/mol. The molecule has 0 bridgehead atoms. The van der Waals surface area contributed by atoms with Crippen LogP contribution >= 0.6 is 23.2 Å². The summed E-state index contributed by atoms with van der Waals surface area (Å²) in [6.45, 7) is 1.87. The van der Waals surface area contributed by atoms with Crippen LogP contribution in [0.1, 0.15) is 12.5 Å². The Bertz CT molecular complexity index is 310. The number of methoxy groups -OCH3 is 1. The van der Waals surface area contributed by atoms with Crippen LogP contribution in [-0.4, -0.2) is 7.11 Å². The van der Waals surface area contributed by atoms with Gasteiger partial charge in [-0.25, -0.2) is 0 Å². The SMILES string of the molecule is COc1ccc(C(C)=C(Cl)Cl)cc1. The van der Waals surface area contributed by atoms with Crippen LogP contribution in [0.4, 0.5) is 0 Å². The van der Waals surface area contributed by atoms with Crippen molar-refractivity contribution in [2.24, 2.45) is 0 Å². The molecule has 0 spiro atoms. The van der Waals surface area contributed by atoms with E-state index in [0.29, 0.717) is 4.49 Å². The molecule has 0 unspecified atom stereocenters. The first kappa shape index (κ1) is 10.4. The first-order chi connectivity index (χ1) is 6.15. The number of rotatable bonds is 2. The van der Waals surface area contributed by atoms with Crippen molar-refractivity contribution in [1.29, 1.82) is 0 Å². The summed E-state index contributed by atoms with van der Waals surface area (Å²) >= 11 is 11.3. The Balaban J connectivity index is 2.99. The third-order valence-corrected chi connectivity index (χ3v) is 2.37. The van der Waals surface area contributed by atoms with Crippen LogP contribution in [0.25, 0.3) is 5.57 Å². The third kappa shape index (κ3) is 2.64. The zero-order valence-electron chi connectivity index (χ0n) is 7.47. The zero-order valence-corrected chi connectivity index (χ0v) is 8.99. The highest BCUT2D eigenvalue weighted by molar-refractivity contribution is 6.58. The van der Waals surface area contributed by atoms with Gasteiger partial charge in [0.2, 0.25) is 0 Å². The van der Waals surface area contributed by atoms with Crippen molar-refractivity contribution in [1.82, 2.24) is 0 Å². The van der Waals surface area contributed by atoms with E-state index < -0.39 is 0 Å². The van der Waals surface area contributed by atoms with E-state index in [4.69, 9.17) is 27.9 Å². The molecule has 0 aliphatic heterocycles. The van der Waals surface area contributed by atoms with E-state index in [0.717, 1.165) is 16.9 Å². The Labute approximate surface area is 87.9 Å². The van der Waals surface area contributed by atoms with Crippen LogP contribution in [0.3, 0.4) is 0 Å². The molecule has 0 amide bonds. The number of halogens is 2. The van der Waals surface area contributed by atoms with E-state index in [-0.39, 0.29) is 0 Å². The average molecular weight is 217 g/mol. The molecule has 1 aromatic carbocycles. The third-order valence-electron chi connectivity index (χ3n) is 1.81. The van der Waals surface area contributed by atoms with Crippen molar-refractivity contribution < 1.29 is 4.74 Å². The minimum atomic E-state index is 0.296. The van der Waals surface area contributed by atoms with Crippen LogP contribution < -0.4 is 4.74 Å². The average Bonchev–Trinajstić information content (AvgIpc) is 2.17. The second-order valence-electron chi connectivity index (χ2n) is 2.61. The Morgan fingerprint density at radius 3 is 2.08 bits per heavy atom. The molecular formula is C10H10Cl2O. The molecule has 0 radical (unpaired) electrons. The largest absolute Gasteiger partial charge is 0.497 e. The second-order valence-corrected chi connectivity index (χ2v) is 3.56. The van der Waals surface area contributed by atoms with E-state index in [1.807, 2.05) is 31.2 Å². The quantitative estimate of drug-likeness (QED) is 0.730. The second kappa shape index (κ2) is 4.54. The fourth-order valence-corrected chi connectivity index (χ4v) is 1.17. The van der Waals surface area contributed by atoms with Gasteiger partial charge in [0, 0.05) is 0 Å². The van der Waals surface area contributed by atoms with Crippen molar-refractivity contribution in [3.05, 3.63) is 34.3 Å². The van der Waals surface area contributed by atoms with Crippen LogP contribution in [0.2, 0.25) is 0 Å². The molecule has 1 nitrogen and oxygen atoms in total. The lowest BCUT2D eigenvalue weighted by molar-refractivity contribution is 0.415. The summed E-state index contributed by atoms with van der Waals surface area (Å²) in [5.74, 6) is 0.822. The predicted octanol–water partition coefficient (Wildman–Crippen LogP) is 3.86. The highest BCUT2D eigenvalue weighted by Gasteiger charge is 2.00. The highest BCUT2D eigenvalue weighted by atomic mass is 35.5. The number of ether oxygens (including phenoxy) is 1. The molecule has 1 aromatic rings. The summed E-state index contributed by atoms with van der Waals surface area (Å²) < 4.78 is 5.32. The number of hydrogen-bond acceptors (Lipinski definition) is 1. The zero-order chi connectivity index (χ0) is 9.84. The topological polar surface area (TPSA) is 9.23 Å². The Morgan fingerprint density at radius 2 is 1.69 bits per heavy atom. The first-order valence-corrected chi connectivity index (χ1v) is 4.57. The van der Waals surface area contributed by atoms with Gasteiger partial charge in [0.15, 0.2) is 0 Å². The van der Waals surface area contributed by atoms with Gasteiger partial charge in [-0.15, -0.1) is 0 Å². The maximum Gasteiger partial charge on any atom is 0.118 e. The molecule has 70 valence electrons. The number of hydrogen-bond donors (Lipinski definition) is 0. The predicted molar refractivity (Wildman–Crippen MR) is 57.3 cm³/mol. The smallest absolute Gasteiger partial charge is 0.118 e. The fourth-order valence-electron chi connectivity index (χ4n) is 0.950. The van der Waals surface area contributed by atoms with Crippen LogP contribution in [0, 0.1) is 0 Å². The first-order valence-electron chi connectivity index (χ1n) is 3.81. The summed E-state index contributed by atoms with van der Waals surface area (Å²) in [4.78, 5) is 0. The molecule has 1 rings (SSSR count). The summed E-state index contributed by atoms with van der Waals surface area (Å²) in [5.41, 5.74) is 1.87. The normalized spacial score (nSPS) is 9.54. The Hall–Kier alpha value is -0.660. The molecule has 0 aromatic heterocycles. The van der Waals surface area contributed by atoms with E-state index >= 15 is 0 Å². The number of allylic oxidation sites excluding steroid dienone is 1. The summed E-state index contributed by atoms with van der Waals surface area (Å²) in [6.07, 6.45) is 0.